The van der Waals surface area contributed by atoms with E-state index in [9.17, 15) is 19.1 Å². The summed E-state index contributed by atoms with van der Waals surface area (Å²) in [5.41, 5.74) is -0.473. The normalized spacial score (nSPS) is 22.1. The van der Waals surface area contributed by atoms with Gasteiger partial charge in [0.1, 0.15) is 5.82 Å². The first-order valence-electron chi connectivity index (χ1n) is 7.19. The van der Waals surface area contributed by atoms with E-state index < -0.39 is 23.1 Å². The van der Waals surface area contributed by atoms with Crippen LogP contribution in [0.15, 0.2) is 18.2 Å². The van der Waals surface area contributed by atoms with Crippen molar-refractivity contribution in [2.75, 3.05) is 13.1 Å². The lowest BCUT2D eigenvalue weighted by Gasteiger charge is -2.39. The summed E-state index contributed by atoms with van der Waals surface area (Å²) in [6.45, 7) is 4.04. The highest BCUT2D eigenvalue weighted by Crippen LogP contribution is 2.34. The highest BCUT2D eigenvalue weighted by molar-refractivity contribution is 5.95. The maximum atomic E-state index is 14.1. The number of piperidine rings is 1. The lowest BCUT2D eigenvalue weighted by Crippen LogP contribution is -2.49. The number of nitrogens with zero attached hydrogens (tertiary/aromatic N) is 1. The van der Waals surface area contributed by atoms with Gasteiger partial charge in [0.25, 0.3) is 5.91 Å². The van der Waals surface area contributed by atoms with Crippen LogP contribution in [-0.2, 0) is 4.79 Å². The summed E-state index contributed by atoms with van der Waals surface area (Å²) in [4.78, 5) is 25.5. The van der Waals surface area contributed by atoms with Crippen LogP contribution in [-0.4, -0.2) is 35.0 Å². The summed E-state index contributed by atoms with van der Waals surface area (Å²) in [5, 5.41) is 9.45. The molecular weight excluding hydrogens is 273 g/mol. The van der Waals surface area contributed by atoms with Gasteiger partial charge >= 0.3 is 5.97 Å². The molecule has 1 fully saturated rings. The van der Waals surface area contributed by atoms with Crippen molar-refractivity contribution in [3.05, 3.63) is 35.1 Å². The molecule has 1 aromatic carbocycles. The summed E-state index contributed by atoms with van der Waals surface area (Å²) in [6, 6.07) is 4.70. The second kappa shape index (κ2) is 5.84. The summed E-state index contributed by atoms with van der Waals surface area (Å²) in [7, 11) is 0. The number of carbonyl (C=O) groups excluding carboxylic acids is 1. The number of carboxylic acid groups (broad SMARTS) is 1. The predicted molar refractivity (Wildman–Crippen MR) is 76.6 cm³/mol. The summed E-state index contributed by atoms with van der Waals surface area (Å²) in [6.07, 6.45) is 1.64. The number of halogens is 1. The van der Waals surface area contributed by atoms with Gasteiger partial charge < -0.3 is 10.0 Å². The molecule has 2 rings (SSSR count). The van der Waals surface area contributed by atoms with Gasteiger partial charge in [0, 0.05) is 13.1 Å². The molecule has 1 atom stereocenters. The van der Waals surface area contributed by atoms with Gasteiger partial charge in [0.05, 0.1) is 11.0 Å². The molecular formula is C16H20FNO3. The quantitative estimate of drug-likeness (QED) is 0.932. The van der Waals surface area contributed by atoms with Crippen molar-refractivity contribution in [1.82, 2.24) is 4.90 Å². The molecule has 1 saturated heterocycles. The first-order valence-corrected chi connectivity index (χ1v) is 7.19. The average molecular weight is 293 g/mol. The number of benzene rings is 1. The fourth-order valence-electron chi connectivity index (χ4n) is 2.90. The monoisotopic (exact) mass is 293 g/mol. The number of hydrogen-bond donors (Lipinski definition) is 1. The minimum atomic E-state index is -0.909. The Kier molecular flexibility index (Phi) is 4.30. The Morgan fingerprint density at radius 1 is 1.43 bits per heavy atom. The van der Waals surface area contributed by atoms with Gasteiger partial charge in [-0.2, -0.15) is 0 Å². The van der Waals surface area contributed by atoms with Crippen molar-refractivity contribution in [2.24, 2.45) is 5.41 Å². The molecule has 0 aromatic heterocycles. The molecule has 1 unspecified atom stereocenters. The minimum Gasteiger partial charge on any atom is -0.481 e. The zero-order valence-electron chi connectivity index (χ0n) is 12.4. The number of likely N-dealkylation sites (tertiary alicyclic amines) is 1. The fourth-order valence-corrected chi connectivity index (χ4v) is 2.90. The average Bonchev–Trinajstić information content (AvgIpc) is 2.49. The standard InChI is InChI=1S/C16H20FNO3/c1-3-16(15(20)21)8-5-9-18(10-16)14(19)12-7-4-6-11(2)13(12)17/h4,6-7H,3,5,8-10H2,1-2H3,(H,20,21). The molecule has 0 radical (unpaired) electrons. The van der Waals surface area contributed by atoms with Crippen LogP contribution < -0.4 is 0 Å². The Labute approximate surface area is 123 Å². The third kappa shape index (κ3) is 2.77. The Hall–Kier alpha value is -1.91. The van der Waals surface area contributed by atoms with Crippen LogP contribution in [0.4, 0.5) is 4.39 Å². The number of amides is 1. The maximum absolute atomic E-state index is 14.1. The Bertz CT molecular complexity index is 573. The fraction of sp³-hybridized carbons (Fsp3) is 0.500. The number of carbonyl (C=O) groups is 2. The highest BCUT2D eigenvalue weighted by Gasteiger charge is 2.42. The molecule has 0 bridgehead atoms. The topological polar surface area (TPSA) is 57.6 Å². The van der Waals surface area contributed by atoms with Crippen LogP contribution in [0, 0.1) is 18.2 Å². The number of rotatable bonds is 3. The first kappa shape index (κ1) is 15.5. The van der Waals surface area contributed by atoms with Crippen LogP contribution in [0.1, 0.15) is 42.1 Å². The van der Waals surface area contributed by atoms with E-state index in [0.717, 1.165) is 0 Å². The van der Waals surface area contributed by atoms with Gasteiger partial charge in [-0.15, -0.1) is 0 Å². The second-order valence-electron chi connectivity index (χ2n) is 5.71. The zero-order valence-corrected chi connectivity index (χ0v) is 12.4. The van der Waals surface area contributed by atoms with Crippen LogP contribution >= 0.6 is 0 Å². The van der Waals surface area contributed by atoms with Gasteiger partial charge in [0.2, 0.25) is 0 Å². The predicted octanol–water partition coefficient (Wildman–Crippen LogP) is 2.85. The molecule has 1 heterocycles. The lowest BCUT2D eigenvalue weighted by molar-refractivity contribution is -0.152. The molecule has 4 nitrogen and oxygen atoms in total. The summed E-state index contributed by atoms with van der Waals surface area (Å²) in [5.74, 6) is -1.83. The molecule has 0 saturated carbocycles. The number of carboxylic acids is 1. The van der Waals surface area contributed by atoms with Gasteiger partial charge in [-0.05, 0) is 37.8 Å². The van der Waals surface area contributed by atoms with E-state index in [1.807, 2.05) is 6.92 Å². The number of aryl methyl sites for hydroxylation is 1. The highest BCUT2D eigenvalue weighted by atomic mass is 19.1. The minimum absolute atomic E-state index is 0.0206. The molecule has 1 aromatic rings. The van der Waals surface area contributed by atoms with E-state index in [1.165, 1.54) is 11.0 Å². The number of hydrogen-bond acceptors (Lipinski definition) is 2. The Morgan fingerprint density at radius 2 is 2.14 bits per heavy atom. The van der Waals surface area contributed by atoms with E-state index in [-0.39, 0.29) is 12.1 Å². The third-order valence-electron chi connectivity index (χ3n) is 4.42. The molecule has 114 valence electrons. The van der Waals surface area contributed by atoms with E-state index in [2.05, 4.69) is 0 Å². The van der Waals surface area contributed by atoms with Crippen molar-refractivity contribution in [3.63, 3.8) is 0 Å². The van der Waals surface area contributed by atoms with Crippen LogP contribution in [0.3, 0.4) is 0 Å². The van der Waals surface area contributed by atoms with E-state index in [1.54, 1.807) is 19.1 Å². The molecule has 0 spiro atoms. The maximum Gasteiger partial charge on any atom is 0.311 e. The van der Waals surface area contributed by atoms with Gasteiger partial charge in [-0.3, -0.25) is 9.59 Å². The van der Waals surface area contributed by atoms with Crippen molar-refractivity contribution >= 4 is 11.9 Å². The van der Waals surface area contributed by atoms with Gasteiger partial charge in [-0.25, -0.2) is 4.39 Å². The number of aliphatic carboxylic acids is 1. The van der Waals surface area contributed by atoms with Crippen LogP contribution in [0.5, 0.6) is 0 Å². The van der Waals surface area contributed by atoms with E-state index >= 15 is 0 Å². The SMILES string of the molecule is CCC1(C(=O)O)CCCN(C(=O)c2cccc(C)c2F)C1. The van der Waals surface area contributed by atoms with Crippen LogP contribution in [0.25, 0.3) is 0 Å². The molecule has 1 aliphatic heterocycles. The molecule has 21 heavy (non-hydrogen) atoms. The lowest BCUT2D eigenvalue weighted by atomic mass is 9.77. The second-order valence-corrected chi connectivity index (χ2v) is 5.71. The largest absolute Gasteiger partial charge is 0.481 e. The molecule has 1 N–H and O–H groups in total. The molecule has 1 aliphatic rings. The van der Waals surface area contributed by atoms with Crippen molar-refractivity contribution in [3.8, 4) is 0 Å². The zero-order chi connectivity index (χ0) is 15.6. The smallest absolute Gasteiger partial charge is 0.311 e. The van der Waals surface area contributed by atoms with Crippen molar-refractivity contribution < 1.29 is 19.1 Å². The molecule has 0 aliphatic carbocycles. The van der Waals surface area contributed by atoms with E-state index in [0.29, 0.717) is 31.4 Å². The third-order valence-corrected chi connectivity index (χ3v) is 4.42. The Balaban J connectivity index is 2.27. The summed E-state index contributed by atoms with van der Waals surface area (Å²) < 4.78 is 14.1. The van der Waals surface area contributed by atoms with Gasteiger partial charge in [0.15, 0.2) is 0 Å². The van der Waals surface area contributed by atoms with Crippen molar-refractivity contribution in [2.45, 2.75) is 33.1 Å². The van der Waals surface area contributed by atoms with Gasteiger partial charge in [-0.1, -0.05) is 19.1 Å². The first-order chi connectivity index (χ1) is 9.91. The van der Waals surface area contributed by atoms with Crippen molar-refractivity contribution in [1.29, 1.82) is 0 Å². The van der Waals surface area contributed by atoms with Crippen LogP contribution in [0.2, 0.25) is 0 Å². The Morgan fingerprint density at radius 3 is 2.76 bits per heavy atom. The van der Waals surface area contributed by atoms with E-state index in [4.69, 9.17) is 0 Å². The molecule has 1 amide bonds. The summed E-state index contributed by atoms with van der Waals surface area (Å²) >= 11 is 0. The molecule has 5 heteroatoms.